The van der Waals surface area contributed by atoms with Crippen molar-refractivity contribution in [3.8, 4) is 11.5 Å². The minimum Gasteiger partial charge on any atom is -0.454 e. The molecule has 1 aliphatic rings. The average Bonchev–Trinajstić information content (AvgIpc) is 2.73. The Balaban J connectivity index is 0.00000128. The van der Waals surface area contributed by atoms with Gasteiger partial charge in [-0.3, -0.25) is 0 Å². The summed E-state index contributed by atoms with van der Waals surface area (Å²) in [7, 11) is 0. The van der Waals surface area contributed by atoms with Crippen LogP contribution in [0.3, 0.4) is 0 Å². The molecule has 16 heavy (non-hydrogen) atoms. The zero-order valence-corrected chi connectivity index (χ0v) is 9.83. The Morgan fingerprint density at radius 3 is 3.00 bits per heavy atom. The Kier molecular flexibility index (Phi) is 4.65. The van der Waals surface area contributed by atoms with Crippen molar-refractivity contribution in [2.75, 3.05) is 6.79 Å². The van der Waals surface area contributed by atoms with Crippen molar-refractivity contribution in [1.29, 1.82) is 0 Å². The van der Waals surface area contributed by atoms with Crippen molar-refractivity contribution in [2.24, 2.45) is 5.73 Å². The van der Waals surface area contributed by atoms with Crippen LogP contribution < -0.4 is 15.2 Å². The molecule has 0 radical (unpaired) electrons. The van der Waals surface area contributed by atoms with E-state index in [1.165, 1.54) is 0 Å². The topological polar surface area (TPSA) is 44.5 Å². The van der Waals surface area contributed by atoms with Gasteiger partial charge in [-0.15, -0.1) is 19.0 Å². The number of hydrogen-bond acceptors (Lipinski definition) is 3. The largest absolute Gasteiger partial charge is 0.454 e. The third-order valence-electron chi connectivity index (χ3n) is 2.51. The van der Waals surface area contributed by atoms with Gasteiger partial charge in [0.05, 0.1) is 0 Å². The van der Waals surface area contributed by atoms with E-state index in [4.69, 9.17) is 15.2 Å². The normalized spacial score (nSPS) is 14.1. The molecule has 4 heteroatoms. The highest BCUT2D eigenvalue weighted by molar-refractivity contribution is 5.85. The fourth-order valence-electron chi connectivity index (χ4n) is 1.70. The van der Waals surface area contributed by atoms with E-state index in [1.807, 2.05) is 24.3 Å². The van der Waals surface area contributed by atoms with Gasteiger partial charge in [-0.25, -0.2) is 0 Å². The van der Waals surface area contributed by atoms with Gasteiger partial charge >= 0.3 is 0 Å². The van der Waals surface area contributed by atoms with Gasteiger partial charge in [0.25, 0.3) is 0 Å². The van der Waals surface area contributed by atoms with Crippen LogP contribution in [0.2, 0.25) is 0 Å². The van der Waals surface area contributed by atoms with Gasteiger partial charge in [0.15, 0.2) is 11.5 Å². The summed E-state index contributed by atoms with van der Waals surface area (Å²) in [5, 5.41) is 0. The van der Waals surface area contributed by atoms with E-state index in [1.54, 1.807) is 0 Å². The molecule has 0 saturated carbocycles. The van der Waals surface area contributed by atoms with Crippen LogP contribution in [0.5, 0.6) is 11.5 Å². The minimum atomic E-state index is -0.0142. The fourth-order valence-corrected chi connectivity index (χ4v) is 1.70. The van der Waals surface area contributed by atoms with E-state index >= 15 is 0 Å². The van der Waals surface area contributed by atoms with Gasteiger partial charge in [0, 0.05) is 11.6 Å². The first kappa shape index (κ1) is 12.9. The molecule has 1 atom stereocenters. The van der Waals surface area contributed by atoms with Crippen molar-refractivity contribution < 1.29 is 9.47 Å². The zero-order chi connectivity index (χ0) is 10.7. The summed E-state index contributed by atoms with van der Waals surface area (Å²) in [6.45, 7) is 3.98. The van der Waals surface area contributed by atoms with Crippen LogP contribution in [-0.4, -0.2) is 6.79 Å². The van der Waals surface area contributed by atoms with Gasteiger partial charge in [-0.2, -0.15) is 0 Å². The fraction of sp³-hybridized carbons (Fsp3) is 0.333. The van der Waals surface area contributed by atoms with Crippen molar-refractivity contribution in [3.63, 3.8) is 0 Å². The summed E-state index contributed by atoms with van der Waals surface area (Å²) in [6.07, 6.45) is 3.66. The second kappa shape index (κ2) is 5.77. The number of halogens is 1. The van der Waals surface area contributed by atoms with Crippen LogP contribution in [0, 0.1) is 0 Å². The van der Waals surface area contributed by atoms with Gasteiger partial charge in [-0.05, 0) is 18.9 Å². The van der Waals surface area contributed by atoms with Crippen LogP contribution in [0.1, 0.15) is 24.4 Å². The number of fused-ring (bicyclic) bond motifs is 1. The Morgan fingerprint density at radius 1 is 1.44 bits per heavy atom. The zero-order valence-electron chi connectivity index (χ0n) is 9.02. The Morgan fingerprint density at radius 2 is 2.25 bits per heavy atom. The molecule has 0 unspecified atom stereocenters. The van der Waals surface area contributed by atoms with Crippen LogP contribution in [-0.2, 0) is 0 Å². The molecule has 0 fully saturated rings. The highest BCUT2D eigenvalue weighted by atomic mass is 35.5. The molecule has 2 N–H and O–H groups in total. The number of allylic oxidation sites excluding steroid dienone is 1. The van der Waals surface area contributed by atoms with E-state index < -0.39 is 0 Å². The van der Waals surface area contributed by atoms with E-state index in [0.717, 1.165) is 29.9 Å². The second-order valence-corrected chi connectivity index (χ2v) is 3.55. The quantitative estimate of drug-likeness (QED) is 0.825. The molecule has 0 spiro atoms. The van der Waals surface area contributed by atoms with E-state index in [-0.39, 0.29) is 18.4 Å². The number of para-hydroxylation sites is 1. The second-order valence-electron chi connectivity index (χ2n) is 3.55. The monoisotopic (exact) mass is 241 g/mol. The first-order chi connectivity index (χ1) is 7.33. The number of benzene rings is 1. The van der Waals surface area contributed by atoms with Crippen LogP contribution in [0.15, 0.2) is 30.9 Å². The van der Waals surface area contributed by atoms with Crippen molar-refractivity contribution in [2.45, 2.75) is 18.9 Å². The molecule has 0 bridgehead atoms. The third-order valence-corrected chi connectivity index (χ3v) is 2.51. The molecule has 0 aromatic heterocycles. The predicted octanol–water partition coefficient (Wildman–Crippen LogP) is 2.80. The smallest absolute Gasteiger partial charge is 0.231 e. The molecule has 0 amide bonds. The third kappa shape index (κ3) is 2.49. The highest BCUT2D eigenvalue weighted by Gasteiger charge is 2.20. The lowest BCUT2D eigenvalue weighted by Gasteiger charge is -2.12. The van der Waals surface area contributed by atoms with Gasteiger partial charge in [0.1, 0.15) is 0 Å². The molecule has 2 rings (SSSR count). The standard InChI is InChI=1S/C12H15NO2.ClH/c1-2-3-6-10(13)9-5-4-7-11-12(9)15-8-14-11;/h2,4-5,7,10H,1,3,6,8,13H2;1H/t10-;/m1./s1. The number of hydrogen-bond donors (Lipinski definition) is 1. The molecule has 1 heterocycles. The molecule has 3 nitrogen and oxygen atoms in total. The lowest BCUT2D eigenvalue weighted by molar-refractivity contribution is 0.173. The van der Waals surface area contributed by atoms with Gasteiger partial charge < -0.3 is 15.2 Å². The van der Waals surface area contributed by atoms with Crippen LogP contribution in [0.4, 0.5) is 0 Å². The van der Waals surface area contributed by atoms with Crippen molar-refractivity contribution >= 4 is 12.4 Å². The first-order valence-electron chi connectivity index (χ1n) is 5.08. The average molecular weight is 242 g/mol. The summed E-state index contributed by atoms with van der Waals surface area (Å²) in [5.41, 5.74) is 7.09. The molecule has 0 saturated heterocycles. The Bertz CT molecular complexity index is 368. The number of rotatable bonds is 4. The maximum Gasteiger partial charge on any atom is 0.231 e. The van der Waals surface area contributed by atoms with Gasteiger partial charge in [0.2, 0.25) is 6.79 Å². The van der Waals surface area contributed by atoms with Gasteiger partial charge in [-0.1, -0.05) is 18.2 Å². The summed E-state index contributed by atoms with van der Waals surface area (Å²) in [5.74, 6) is 1.59. The summed E-state index contributed by atoms with van der Waals surface area (Å²) in [6, 6.07) is 5.81. The molecule has 1 aromatic carbocycles. The SMILES string of the molecule is C=CCC[C@@H](N)c1cccc2c1OCO2.Cl. The van der Waals surface area contributed by atoms with Crippen LogP contribution in [0.25, 0.3) is 0 Å². The van der Waals surface area contributed by atoms with E-state index in [2.05, 4.69) is 6.58 Å². The lowest BCUT2D eigenvalue weighted by Crippen LogP contribution is -2.10. The molecular formula is C12H16ClNO2. The lowest BCUT2D eigenvalue weighted by atomic mass is 10.0. The minimum absolute atomic E-state index is 0. The Labute approximate surface area is 102 Å². The van der Waals surface area contributed by atoms with E-state index in [9.17, 15) is 0 Å². The van der Waals surface area contributed by atoms with Crippen LogP contribution >= 0.6 is 12.4 Å². The number of ether oxygens (including phenoxy) is 2. The molecule has 1 aromatic rings. The predicted molar refractivity (Wildman–Crippen MR) is 66.2 cm³/mol. The summed E-state index contributed by atoms with van der Waals surface area (Å²) >= 11 is 0. The Hall–Kier alpha value is -1.19. The maximum absolute atomic E-state index is 6.07. The molecule has 88 valence electrons. The van der Waals surface area contributed by atoms with E-state index in [0.29, 0.717) is 6.79 Å². The first-order valence-corrected chi connectivity index (χ1v) is 5.08. The van der Waals surface area contributed by atoms with Crippen molar-refractivity contribution in [1.82, 2.24) is 0 Å². The molecule has 1 aliphatic heterocycles. The maximum atomic E-state index is 6.07. The summed E-state index contributed by atoms with van der Waals surface area (Å²) < 4.78 is 10.7. The molecular weight excluding hydrogens is 226 g/mol. The molecule has 0 aliphatic carbocycles. The highest BCUT2D eigenvalue weighted by Crippen LogP contribution is 2.38. The van der Waals surface area contributed by atoms with Crippen molar-refractivity contribution in [3.05, 3.63) is 36.4 Å². The summed E-state index contributed by atoms with van der Waals surface area (Å²) in [4.78, 5) is 0. The number of nitrogens with two attached hydrogens (primary N) is 1.